The molecule has 0 unspecified atom stereocenters. The lowest BCUT2D eigenvalue weighted by atomic mass is 10.1. The van der Waals surface area contributed by atoms with Gasteiger partial charge in [0.1, 0.15) is 5.75 Å². The Kier molecular flexibility index (Phi) is 5.42. The van der Waals surface area contributed by atoms with Crippen molar-refractivity contribution in [3.63, 3.8) is 0 Å². The van der Waals surface area contributed by atoms with Gasteiger partial charge in [-0.1, -0.05) is 35.9 Å². The summed E-state index contributed by atoms with van der Waals surface area (Å²) in [5, 5.41) is 5.47. The Hall–Kier alpha value is -2.49. The van der Waals surface area contributed by atoms with E-state index in [9.17, 15) is 4.79 Å². The van der Waals surface area contributed by atoms with Gasteiger partial charge in [0, 0.05) is 6.54 Å². The predicted octanol–water partition coefficient (Wildman–Crippen LogP) is 3.45. The van der Waals surface area contributed by atoms with Crippen molar-refractivity contribution < 1.29 is 9.53 Å². The first-order valence-corrected chi connectivity index (χ1v) is 7.32. The Morgan fingerprint density at radius 3 is 2.36 bits per heavy atom. The zero-order valence-electron chi connectivity index (χ0n) is 13.3. The third-order valence-corrected chi connectivity index (χ3v) is 3.52. The summed E-state index contributed by atoms with van der Waals surface area (Å²) in [6, 6.07) is 13.7. The van der Waals surface area contributed by atoms with Gasteiger partial charge in [-0.05, 0) is 49.6 Å². The molecule has 0 aliphatic rings. The maximum Gasteiger partial charge on any atom is 0.317 e. The second kappa shape index (κ2) is 7.50. The number of ether oxygens (including phenoxy) is 1. The van der Waals surface area contributed by atoms with Crippen LogP contribution >= 0.6 is 0 Å². The Labute approximate surface area is 131 Å². The number of benzene rings is 2. The van der Waals surface area contributed by atoms with Gasteiger partial charge in [0.15, 0.2) is 6.73 Å². The van der Waals surface area contributed by atoms with Crippen molar-refractivity contribution in [3.05, 3.63) is 64.7 Å². The summed E-state index contributed by atoms with van der Waals surface area (Å²) in [6.07, 6.45) is 0. The number of nitrogens with one attached hydrogen (secondary N) is 2. The molecular weight excluding hydrogens is 276 g/mol. The van der Waals surface area contributed by atoms with Crippen LogP contribution in [-0.4, -0.2) is 12.8 Å². The lowest BCUT2D eigenvalue weighted by molar-refractivity contribution is 0.223. The number of carbonyl (C=O) groups is 1. The van der Waals surface area contributed by atoms with Crippen LogP contribution in [0, 0.1) is 20.8 Å². The van der Waals surface area contributed by atoms with Gasteiger partial charge in [0.25, 0.3) is 0 Å². The number of amides is 2. The van der Waals surface area contributed by atoms with Gasteiger partial charge < -0.3 is 15.4 Å². The average molecular weight is 298 g/mol. The number of carbonyl (C=O) groups excluding carboxylic acids is 1. The van der Waals surface area contributed by atoms with E-state index < -0.39 is 0 Å². The minimum atomic E-state index is -0.246. The molecule has 2 N–H and O–H groups in total. The molecule has 0 saturated heterocycles. The highest BCUT2D eigenvalue weighted by molar-refractivity contribution is 5.73. The molecule has 0 heterocycles. The molecule has 116 valence electrons. The molecule has 22 heavy (non-hydrogen) atoms. The van der Waals surface area contributed by atoms with Gasteiger partial charge in [-0.15, -0.1) is 0 Å². The number of urea groups is 1. The molecule has 2 aromatic carbocycles. The van der Waals surface area contributed by atoms with Gasteiger partial charge in [0.2, 0.25) is 0 Å². The summed E-state index contributed by atoms with van der Waals surface area (Å²) < 4.78 is 5.51. The van der Waals surface area contributed by atoms with E-state index in [0.29, 0.717) is 6.54 Å². The summed E-state index contributed by atoms with van der Waals surface area (Å²) in [5.74, 6) is 0.752. The zero-order valence-corrected chi connectivity index (χ0v) is 13.3. The summed E-state index contributed by atoms with van der Waals surface area (Å²) in [5.41, 5.74) is 4.66. The minimum absolute atomic E-state index is 0.141. The van der Waals surface area contributed by atoms with Crippen LogP contribution in [0.15, 0.2) is 42.5 Å². The van der Waals surface area contributed by atoms with E-state index in [1.807, 2.05) is 56.3 Å². The number of rotatable bonds is 5. The average Bonchev–Trinajstić information content (AvgIpc) is 2.50. The molecule has 0 saturated carbocycles. The molecule has 0 atom stereocenters. The Bertz CT molecular complexity index is 636. The second-order valence-electron chi connectivity index (χ2n) is 5.38. The van der Waals surface area contributed by atoms with Crippen molar-refractivity contribution in [2.45, 2.75) is 27.3 Å². The number of aryl methyl sites for hydroxylation is 3. The van der Waals surface area contributed by atoms with Crippen molar-refractivity contribution in [2.75, 3.05) is 6.73 Å². The fourth-order valence-corrected chi connectivity index (χ4v) is 1.94. The standard InChI is InChI=1S/C18H22N2O2/c1-13-4-7-16(8-5-13)11-19-18(21)20-12-22-17-9-6-14(2)15(3)10-17/h4-10H,11-12H2,1-3H3,(H2,19,20,21). The lowest BCUT2D eigenvalue weighted by Gasteiger charge is -2.10. The van der Waals surface area contributed by atoms with Crippen molar-refractivity contribution in [1.82, 2.24) is 10.6 Å². The first kappa shape index (κ1) is 15.9. The molecule has 2 aromatic rings. The molecule has 0 fully saturated rings. The monoisotopic (exact) mass is 298 g/mol. The summed E-state index contributed by atoms with van der Waals surface area (Å²) >= 11 is 0. The van der Waals surface area contributed by atoms with E-state index in [-0.39, 0.29) is 12.8 Å². The topological polar surface area (TPSA) is 50.4 Å². The highest BCUT2D eigenvalue weighted by Gasteiger charge is 2.01. The highest BCUT2D eigenvalue weighted by atomic mass is 16.5. The molecule has 2 amide bonds. The van der Waals surface area contributed by atoms with Crippen LogP contribution in [-0.2, 0) is 6.54 Å². The van der Waals surface area contributed by atoms with Gasteiger partial charge in [-0.25, -0.2) is 4.79 Å². The number of hydrogen-bond acceptors (Lipinski definition) is 2. The van der Waals surface area contributed by atoms with Gasteiger partial charge in [0.05, 0.1) is 0 Å². The SMILES string of the molecule is Cc1ccc(CNC(=O)NCOc2ccc(C)c(C)c2)cc1. The van der Waals surface area contributed by atoms with Gasteiger partial charge in [-0.2, -0.15) is 0 Å². The molecule has 0 aliphatic heterocycles. The largest absolute Gasteiger partial charge is 0.473 e. The van der Waals surface area contributed by atoms with E-state index in [4.69, 9.17) is 4.74 Å². The van der Waals surface area contributed by atoms with Crippen LogP contribution in [0.3, 0.4) is 0 Å². The molecular formula is C18H22N2O2. The summed E-state index contributed by atoms with van der Waals surface area (Å²) in [4.78, 5) is 11.7. The van der Waals surface area contributed by atoms with E-state index >= 15 is 0 Å². The van der Waals surface area contributed by atoms with Crippen molar-refractivity contribution in [3.8, 4) is 5.75 Å². The van der Waals surface area contributed by atoms with Crippen LogP contribution in [0.25, 0.3) is 0 Å². The third-order valence-electron chi connectivity index (χ3n) is 3.52. The van der Waals surface area contributed by atoms with Crippen LogP contribution in [0.2, 0.25) is 0 Å². The number of hydrogen-bond donors (Lipinski definition) is 2. The van der Waals surface area contributed by atoms with E-state index in [0.717, 1.165) is 11.3 Å². The van der Waals surface area contributed by atoms with E-state index in [2.05, 4.69) is 17.6 Å². The van der Waals surface area contributed by atoms with Crippen molar-refractivity contribution in [1.29, 1.82) is 0 Å². The zero-order chi connectivity index (χ0) is 15.9. The quantitative estimate of drug-likeness (QED) is 0.831. The first-order valence-electron chi connectivity index (χ1n) is 7.32. The summed E-state index contributed by atoms with van der Waals surface area (Å²) in [7, 11) is 0. The lowest BCUT2D eigenvalue weighted by Crippen LogP contribution is -2.37. The molecule has 4 nitrogen and oxygen atoms in total. The third kappa shape index (κ3) is 4.81. The molecule has 0 radical (unpaired) electrons. The summed E-state index contributed by atoms with van der Waals surface area (Å²) in [6.45, 7) is 6.76. The van der Waals surface area contributed by atoms with Crippen LogP contribution in [0.1, 0.15) is 22.3 Å². The fraction of sp³-hybridized carbons (Fsp3) is 0.278. The molecule has 4 heteroatoms. The first-order chi connectivity index (χ1) is 10.5. The minimum Gasteiger partial charge on any atom is -0.473 e. The van der Waals surface area contributed by atoms with Crippen LogP contribution < -0.4 is 15.4 Å². The van der Waals surface area contributed by atoms with Gasteiger partial charge >= 0.3 is 6.03 Å². The van der Waals surface area contributed by atoms with Crippen molar-refractivity contribution >= 4 is 6.03 Å². The second-order valence-corrected chi connectivity index (χ2v) is 5.38. The Morgan fingerprint density at radius 1 is 0.955 bits per heavy atom. The Balaban J connectivity index is 1.71. The normalized spacial score (nSPS) is 10.1. The predicted molar refractivity (Wildman–Crippen MR) is 88.0 cm³/mol. The van der Waals surface area contributed by atoms with Crippen molar-refractivity contribution in [2.24, 2.45) is 0 Å². The fourth-order valence-electron chi connectivity index (χ4n) is 1.94. The highest BCUT2D eigenvalue weighted by Crippen LogP contribution is 2.15. The van der Waals surface area contributed by atoms with Crippen LogP contribution in [0.5, 0.6) is 5.75 Å². The smallest absolute Gasteiger partial charge is 0.317 e. The molecule has 0 bridgehead atoms. The molecule has 0 spiro atoms. The van der Waals surface area contributed by atoms with E-state index in [1.165, 1.54) is 16.7 Å². The maximum atomic E-state index is 11.7. The van der Waals surface area contributed by atoms with E-state index in [1.54, 1.807) is 0 Å². The maximum absolute atomic E-state index is 11.7. The molecule has 0 aliphatic carbocycles. The molecule has 2 rings (SSSR count). The Morgan fingerprint density at radius 2 is 1.68 bits per heavy atom. The van der Waals surface area contributed by atoms with Gasteiger partial charge in [-0.3, -0.25) is 0 Å². The molecule has 0 aromatic heterocycles. The van der Waals surface area contributed by atoms with Crippen LogP contribution in [0.4, 0.5) is 4.79 Å².